The number of hydrogen-bond acceptors (Lipinski definition) is 9. The lowest BCUT2D eigenvalue weighted by molar-refractivity contribution is -0.125. The third-order valence-electron chi connectivity index (χ3n) is 4.58. The van der Waals surface area contributed by atoms with Crippen LogP contribution < -0.4 is 10.1 Å². The molecular formula is C22H18ClN7O4. The number of benzene rings is 1. The number of aromatic nitrogens is 5. The Kier molecular flexibility index (Phi) is 7.24. The van der Waals surface area contributed by atoms with Gasteiger partial charge >= 0.3 is 0 Å². The van der Waals surface area contributed by atoms with Crippen molar-refractivity contribution in [3.05, 3.63) is 59.4 Å². The summed E-state index contributed by atoms with van der Waals surface area (Å²) in [5.41, 5.74) is 1.32. The van der Waals surface area contributed by atoms with Crippen molar-refractivity contribution >= 4 is 34.4 Å². The number of ether oxygens (including phenoxy) is 2. The van der Waals surface area contributed by atoms with Crippen molar-refractivity contribution < 1.29 is 19.4 Å². The van der Waals surface area contributed by atoms with E-state index in [9.17, 15) is 4.79 Å². The van der Waals surface area contributed by atoms with Crippen LogP contribution in [0.3, 0.4) is 0 Å². The third-order valence-corrected chi connectivity index (χ3v) is 4.91. The van der Waals surface area contributed by atoms with Crippen LogP contribution >= 0.6 is 11.6 Å². The Hall–Kier alpha value is -4.11. The summed E-state index contributed by atoms with van der Waals surface area (Å²) >= 11 is 6.31. The average molecular weight is 480 g/mol. The first-order valence-corrected chi connectivity index (χ1v) is 10.4. The third kappa shape index (κ3) is 5.26. The van der Waals surface area contributed by atoms with E-state index in [1.54, 1.807) is 24.3 Å². The maximum absolute atomic E-state index is 13.0. The predicted molar refractivity (Wildman–Crippen MR) is 122 cm³/mol. The minimum atomic E-state index is -1.16. The van der Waals surface area contributed by atoms with Crippen LogP contribution in [0.15, 0.2) is 48.8 Å². The molecule has 0 aliphatic carbocycles. The van der Waals surface area contributed by atoms with Crippen molar-refractivity contribution in [3.63, 3.8) is 0 Å². The zero-order valence-corrected chi connectivity index (χ0v) is 18.4. The maximum Gasteiger partial charge on any atom is 0.269 e. The summed E-state index contributed by atoms with van der Waals surface area (Å²) in [6.07, 6.45) is 1.66. The standard InChI is InChI=1S/C22H18ClN7O4/c23-16-4-2-1-3-14(16)19-28-20-15(11-26-30-20)22(29-19)34-17(12-33-8-7-31)21(32)27-18-6-5-13(9-24)10-25-18/h1-6,10-11,17,31H,7-8,12H2,(H,25,27,32)(H,26,28,29,30)/t17-/m0/s1. The van der Waals surface area contributed by atoms with Gasteiger partial charge in [-0.2, -0.15) is 15.3 Å². The molecule has 0 aliphatic heterocycles. The number of carbonyl (C=O) groups is 1. The number of nitriles is 1. The molecule has 4 aromatic rings. The largest absolute Gasteiger partial charge is 0.461 e. The Morgan fingerprint density at radius 2 is 2.09 bits per heavy atom. The summed E-state index contributed by atoms with van der Waals surface area (Å²) in [6, 6.07) is 12.0. The number of amides is 1. The molecule has 3 aromatic heterocycles. The van der Waals surface area contributed by atoms with E-state index in [4.69, 9.17) is 31.4 Å². The fourth-order valence-corrected chi connectivity index (χ4v) is 3.18. The van der Waals surface area contributed by atoms with Crippen LogP contribution in [0.4, 0.5) is 5.82 Å². The number of H-pyrrole nitrogens is 1. The lowest BCUT2D eigenvalue weighted by atomic mass is 10.2. The van der Waals surface area contributed by atoms with Crippen LogP contribution in [-0.4, -0.2) is 62.1 Å². The van der Waals surface area contributed by atoms with Gasteiger partial charge in [-0.1, -0.05) is 23.7 Å². The van der Waals surface area contributed by atoms with E-state index in [1.165, 1.54) is 24.5 Å². The Bertz CT molecular complexity index is 1340. The van der Waals surface area contributed by atoms with Gasteiger partial charge in [-0.3, -0.25) is 9.89 Å². The zero-order chi connectivity index (χ0) is 23.9. The molecule has 172 valence electrons. The topological polar surface area (TPSA) is 159 Å². The van der Waals surface area contributed by atoms with Crippen LogP contribution in [0, 0.1) is 11.3 Å². The molecule has 12 heteroatoms. The lowest BCUT2D eigenvalue weighted by Gasteiger charge is -2.18. The number of aliphatic hydroxyl groups excluding tert-OH is 1. The summed E-state index contributed by atoms with van der Waals surface area (Å²) in [5, 5.41) is 28.2. The van der Waals surface area contributed by atoms with Gasteiger partial charge < -0.3 is 19.9 Å². The van der Waals surface area contributed by atoms with Crippen molar-refractivity contribution in [2.24, 2.45) is 0 Å². The molecule has 0 spiro atoms. The van der Waals surface area contributed by atoms with Crippen LogP contribution in [0.25, 0.3) is 22.4 Å². The van der Waals surface area contributed by atoms with Crippen molar-refractivity contribution in [1.82, 2.24) is 25.1 Å². The molecule has 1 aromatic carbocycles. The highest BCUT2D eigenvalue weighted by Gasteiger charge is 2.25. The maximum atomic E-state index is 13.0. The number of anilines is 1. The van der Waals surface area contributed by atoms with E-state index in [0.717, 1.165) is 0 Å². The Balaban J connectivity index is 1.64. The number of rotatable bonds is 9. The van der Waals surface area contributed by atoms with Gasteiger partial charge in [0, 0.05) is 11.8 Å². The summed E-state index contributed by atoms with van der Waals surface area (Å²) in [6.45, 7) is -0.382. The van der Waals surface area contributed by atoms with Gasteiger partial charge in [0.2, 0.25) is 12.0 Å². The van der Waals surface area contributed by atoms with E-state index in [1.807, 2.05) is 6.07 Å². The number of halogens is 1. The molecular weight excluding hydrogens is 462 g/mol. The molecule has 3 N–H and O–H groups in total. The minimum Gasteiger partial charge on any atom is -0.461 e. The van der Waals surface area contributed by atoms with E-state index in [2.05, 4.69) is 30.5 Å². The number of nitrogens with zero attached hydrogens (tertiary/aromatic N) is 5. The van der Waals surface area contributed by atoms with Crippen LogP contribution in [0.2, 0.25) is 5.02 Å². The molecule has 0 aliphatic rings. The molecule has 0 bridgehead atoms. The first-order valence-electron chi connectivity index (χ1n) is 10.1. The Labute approximate surface area is 198 Å². The first-order chi connectivity index (χ1) is 16.6. The van der Waals surface area contributed by atoms with Crippen molar-refractivity contribution in [2.75, 3.05) is 25.1 Å². The smallest absolute Gasteiger partial charge is 0.269 e. The lowest BCUT2D eigenvalue weighted by Crippen LogP contribution is -2.37. The second-order valence-corrected chi connectivity index (χ2v) is 7.31. The second kappa shape index (κ2) is 10.7. The molecule has 0 saturated carbocycles. The molecule has 1 amide bonds. The highest BCUT2D eigenvalue weighted by molar-refractivity contribution is 6.33. The van der Waals surface area contributed by atoms with Crippen molar-refractivity contribution in [2.45, 2.75) is 6.10 Å². The molecule has 0 saturated heterocycles. The number of nitrogens with one attached hydrogen (secondary N) is 2. The summed E-state index contributed by atoms with van der Waals surface area (Å²) < 4.78 is 11.3. The van der Waals surface area contributed by atoms with Gasteiger partial charge in [-0.15, -0.1) is 0 Å². The van der Waals surface area contributed by atoms with Gasteiger partial charge in [0.25, 0.3) is 5.91 Å². The number of aromatic amines is 1. The second-order valence-electron chi connectivity index (χ2n) is 6.90. The summed E-state index contributed by atoms with van der Waals surface area (Å²) in [5.74, 6) is 0.0353. The molecule has 1 atom stereocenters. The number of carbonyl (C=O) groups excluding carboxylic acids is 1. The summed E-state index contributed by atoms with van der Waals surface area (Å²) in [4.78, 5) is 25.9. The molecule has 3 heterocycles. The normalized spacial score (nSPS) is 11.7. The van der Waals surface area contributed by atoms with Gasteiger partial charge in [-0.05, 0) is 24.3 Å². The molecule has 0 fully saturated rings. The molecule has 4 rings (SSSR count). The monoisotopic (exact) mass is 479 g/mol. The average Bonchev–Trinajstić information content (AvgIpc) is 3.33. The number of fused-ring (bicyclic) bond motifs is 1. The Morgan fingerprint density at radius 3 is 2.82 bits per heavy atom. The summed E-state index contributed by atoms with van der Waals surface area (Å²) in [7, 11) is 0. The predicted octanol–water partition coefficient (Wildman–Crippen LogP) is 2.33. The highest BCUT2D eigenvalue weighted by Crippen LogP contribution is 2.30. The zero-order valence-electron chi connectivity index (χ0n) is 17.6. The number of pyridine rings is 1. The van der Waals surface area contributed by atoms with Gasteiger partial charge in [-0.25, -0.2) is 9.97 Å². The number of aliphatic hydroxyl groups is 1. The molecule has 34 heavy (non-hydrogen) atoms. The quantitative estimate of drug-likeness (QED) is 0.306. The van der Waals surface area contributed by atoms with Crippen LogP contribution in [0.5, 0.6) is 5.88 Å². The van der Waals surface area contributed by atoms with E-state index in [0.29, 0.717) is 27.2 Å². The van der Waals surface area contributed by atoms with Gasteiger partial charge in [0.05, 0.1) is 36.6 Å². The van der Waals surface area contributed by atoms with Crippen LogP contribution in [0.1, 0.15) is 5.56 Å². The van der Waals surface area contributed by atoms with Crippen molar-refractivity contribution in [3.8, 4) is 23.3 Å². The molecule has 0 unspecified atom stereocenters. The van der Waals surface area contributed by atoms with Gasteiger partial charge in [0.15, 0.2) is 11.5 Å². The number of hydrogen-bond donors (Lipinski definition) is 3. The van der Waals surface area contributed by atoms with E-state index >= 15 is 0 Å². The fraction of sp³-hybridized carbons (Fsp3) is 0.182. The molecule has 11 nitrogen and oxygen atoms in total. The van der Waals surface area contributed by atoms with Gasteiger partial charge in [0.1, 0.15) is 17.3 Å². The highest BCUT2D eigenvalue weighted by atomic mass is 35.5. The van der Waals surface area contributed by atoms with Crippen LogP contribution in [-0.2, 0) is 9.53 Å². The SMILES string of the molecule is N#Cc1ccc(NC(=O)[C@H](COCCO)Oc2nc(-c3ccccc3Cl)nc3[nH]ncc23)nc1. The van der Waals surface area contributed by atoms with E-state index < -0.39 is 12.0 Å². The fourth-order valence-electron chi connectivity index (χ4n) is 2.95. The first kappa shape index (κ1) is 23.1. The van der Waals surface area contributed by atoms with Crippen molar-refractivity contribution in [1.29, 1.82) is 5.26 Å². The van der Waals surface area contributed by atoms with E-state index in [-0.39, 0.29) is 37.3 Å². The molecule has 0 radical (unpaired) electrons. The minimum absolute atomic E-state index is 0.0119. The Morgan fingerprint density at radius 1 is 1.24 bits per heavy atom.